The molecule has 0 radical (unpaired) electrons. The van der Waals surface area contributed by atoms with E-state index < -0.39 is 0 Å². The van der Waals surface area contributed by atoms with Crippen molar-refractivity contribution in [3.05, 3.63) is 53.3 Å². The van der Waals surface area contributed by atoms with Crippen molar-refractivity contribution in [1.29, 1.82) is 0 Å². The number of phenolic OH excluding ortho intramolecular Hbond substituents is 1. The van der Waals surface area contributed by atoms with Crippen LogP contribution in [-0.2, 0) is 4.74 Å². The third-order valence-electron chi connectivity index (χ3n) is 3.20. The second-order valence-electron chi connectivity index (χ2n) is 4.30. The van der Waals surface area contributed by atoms with E-state index in [0.717, 1.165) is 0 Å². The molecular formula is C15H10O4. The Kier molecular flexibility index (Phi) is 2.38. The summed E-state index contributed by atoms with van der Waals surface area (Å²) >= 11 is 0. The minimum atomic E-state index is -0.299. The van der Waals surface area contributed by atoms with Gasteiger partial charge < -0.3 is 9.84 Å². The highest BCUT2D eigenvalue weighted by atomic mass is 16.5. The van der Waals surface area contributed by atoms with E-state index in [1.54, 1.807) is 24.3 Å². The predicted molar refractivity (Wildman–Crippen MR) is 69.4 cm³/mol. The van der Waals surface area contributed by atoms with Crippen molar-refractivity contribution in [2.45, 2.75) is 0 Å². The molecule has 1 N–H and O–H groups in total. The quantitative estimate of drug-likeness (QED) is 0.849. The lowest BCUT2D eigenvalue weighted by Gasteiger charge is -2.16. The third kappa shape index (κ3) is 1.61. The molecule has 4 nitrogen and oxygen atoms in total. The van der Waals surface area contributed by atoms with Crippen molar-refractivity contribution in [3.63, 3.8) is 0 Å². The van der Waals surface area contributed by atoms with Crippen LogP contribution in [0.3, 0.4) is 0 Å². The summed E-state index contributed by atoms with van der Waals surface area (Å²) in [6.45, 7) is 0. The first kappa shape index (κ1) is 11.5. The molecule has 19 heavy (non-hydrogen) atoms. The van der Waals surface area contributed by atoms with Gasteiger partial charge in [0.1, 0.15) is 5.75 Å². The van der Waals surface area contributed by atoms with Crippen LogP contribution >= 0.6 is 0 Å². The van der Waals surface area contributed by atoms with E-state index in [9.17, 15) is 14.7 Å². The molecule has 1 aliphatic carbocycles. The van der Waals surface area contributed by atoms with E-state index in [1.807, 2.05) is 0 Å². The molecule has 0 saturated heterocycles. The Morgan fingerprint density at radius 1 is 1.11 bits per heavy atom. The standard InChI is InChI=1S/C15H10O4/c1-19-13-7-12(17)14-10-5-3-9(16)6-8(10)2-4-11(14)15(13)18/h2-7,16H,1H3. The number of hydrogen-bond donors (Lipinski definition) is 1. The highest BCUT2D eigenvalue weighted by Gasteiger charge is 2.27. The molecule has 2 aromatic carbocycles. The molecular weight excluding hydrogens is 244 g/mol. The number of ether oxygens (including phenoxy) is 1. The smallest absolute Gasteiger partial charge is 0.228 e. The zero-order valence-electron chi connectivity index (χ0n) is 10.1. The van der Waals surface area contributed by atoms with Gasteiger partial charge in [-0.25, -0.2) is 0 Å². The summed E-state index contributed by atoms with van der Waals surface area (Å²) in [4.78, 5) is 24.2. The van der Waals surface area contributed by atoms with Crippen LogP contribution in [0.25, 0.3) is 10.8 Å². The summed E-state index contributed by atoms with van der Waals surface area (Å²) in [5, 5.41) is 10.8. The van der Waals surface area contributed by atoms with E-state index in [-0.39, 0.29) is 23.1 Å². The number of Topliss-reactive ketones (excluding diaryl/α,β-unsaturated/α-hetero) is 1. The average molecular weight is 254 g/mol. The lowest BCUT2D eigenvalue weighted by Crippen LogP contribution is -2.18. The summed E-state index contributed by atoms with van der Waals surface area (Å²) in [6, 6.07) is 7.99. The predicted octanol–water partition coefficient (Wildman–Crippen LogP) is 2.45. The van der Waals surface area contributed by atoms with Gasteiger partial charge in [0.05, 0.1) is 7.11 Å². The molecule has 0 spiro atoms. The molecule has 2 aromatic rings. The number of aromatic hydroxyl groups is 1. The van der Waals surface area contributed by atoms with Gasteiger partial charge in [-0.2, -0.15) is 0 Å². The molecule has 1 aliphatic rings. The van der Waals surface area contributed by atoms with Crippen molar-refractivity contribution in [3.8, 4) is 5.75 Å². The van der Waals surface area contributed by atoms with E-state index in [0.29, 0.717) is 21.9 Å². The number of hydrogen-bond acceptors (Lipinski definition) is 4. The molecule has 0 saturated carbocycles. The number of methoxy groups -OCH3 is 1. The van der Waals surface area contributed by atoms with Gasteiger partial charge in [0, 0.05) is 17.2 Å². The summed E-state index contributed by atoms with van der Waals surface area (Å²) in [6.07, 6.45) is 1.21. The number of benzene rings is 2. The molecule has 0 aliphatic heterocycles. The summed E-state index contributed by atoms with van der Waals surface area (Å²) in [5.41, 5.74) is 0.700. The van der Waals surface area contributed by atoms with Crippen LogP contribution in [0.2, 0.25) is 0 Å². The van der Waals surface area contributed by atoms with Gasteiger partial charge in [-0.3, -0.25) is 9.59 Å². The number of allylic oxidation sites excluding steroid dienone is 2. The van der Waals surface area contributed by atoms with E-state index in [2.05, 4.69) is 0 Å². The first-order valence-electron chi connectivity index (χ1n) is 5.72. The van der Waals surface area contributed by atoms with Crippen LogP contribution in [0, 0.1) is 0 Å². The van der Waals surface area contributed by atoms with Crippen LogP contribution in [-0.4, -0.2) is 23.8 Å². The molecule has 0 bridgehead atoms. The van der Waals surface area contributed by atoms with Gasteiger partial charge in [0.15, 0.2) is 11.5 Å². The number of phenols is 1. The molecule has 0 atom stereocenters. The number of carbonyl (C=O) groups excluding carboxylic acids is 2. The zero-order valence-corrected chi connectivity index (χ0v) is 10.1. The first-order chi connectivity index (χ1) is 9.11. The van der Waals surface area contributed by atoms with Crippen molar-refractivity contribution in [2.75, 3.05) is 7.11 Å². The minimum absolute atomic E-state index is 0.0515. The zero-order chi connectivity index (χ0) is 13.6. The summed E-state index contributed by atoms with van der Waals surface area (Å²) in [5.74, 6) is -0.388. The van der Waals surface area contributed by atoms with Gasteiger partial charge in [-0.05, 0) is 35.0 Å². The second-order valence-corrected chi connectivity index (χ2v) is 4.30. The Bertz CT molecular complexity index is 756. The van der Waals surface area contributed by atoms with Crippen LogP contribution < -0.4 is 0 Å². The van der Waals surface area contributed by atoms with Gasteiger partial charge in [0.25, 0.3) is 0 Å². The van der Waals surface area contributed by atoms with Gasteiger partial charge in [-0.1, -0.05) is 6.07 Å². The van der Waals surface area contributed by atoms with Gasteiger partial charge in [-0.15, -0.1) is 0 Å². The lowest BCUT2D eigenvalue weighted by atomic mass is 9.89. The van der Waals surface area contributed by atoms with E-state index in [1.165, 1.54) is 19.3 Å². The van der Waals surface area contributed by atoms with Crippen molar-refractivity contribution < 1.29 is 19.4 Å². The lowest BCUT2D eigenvalue weighted by molar-refractivity contribution is 0.0917. The Morgan fingerprint density at radius 3 is 2.63 bits per heavy atom. The maximum Gasteiger partial charge on any atom is 0.228 e. The minimum Gasteiger partial charge on any atom is -0.508 e. The number of ketones is 2. The molecule has 0 unspecified atom stereocenters. The highest BCUT2D eigenvalue weighted by Crippen LogP contribution is 2.30. The third-order valence-corrected chi connectivity index (χ3v) is 3.20. The first-order valence-corrected chi connectivity index (χ1v) is 5.72. The summed E-state index contributed by atoms with van der Waals surface area (Å²) in [7, 11) is 1.36. The van der Waals surface area contributed by atoms with E-state index >= 15 is 0 Å². The van der Waals surface area contributed by atoms with Crippen LogP contribution in [0.15, 0.2) is 42.2 Å². The van der Waals surface area contributed by atoms with Crippen LogP contribution in [0.5, 0.6) is 5.75 Å². The topological polar surface area (TPSA) is 63.6 Å². The Morgan fingerprint density at radius 2 is 1.89 bits per heavy atom. The molecule has 0 fully saturated rings. The molecule has 0 heterocycles. The normalized spacial score (nSPS) is 14.3. The Balaban J connectivity index is 2.35. The number of carbonyl (C=O) groups is 2. The monoisotopic (exact) mass is 254 g/mol. The van der Waals surface area contributed by atoms with Gasteiger partial charge in [0.2, 0.25) is 5.78 Å². The largest absolute Gasteiger partial charge is 0.508 e. The van der Waals surface area contributed by atoms with Crippen molar-refractivity contribution >= 4 is 22.3 Å². The van der Waals surface area contributed by atoms with Crippen LogP contribution in [0.1, 0.15) is 20.7 Å². The van der Waals surface area contributed by atoms with Crippen molar-refractivity contribution in [1.82, 2.24) is 0 Å². The fourth-order valence-electron chi connectivity index (χ4n) is 2.31. The molecule has 94 valence electrons. The maximum atomic E-state index is 12.1. The fraction of sp³-hybridized carbons (Fsp3) is 0.0667. The number of rotatable bonds is 1. The second kappa shape index (κ2) is 3.95. The summed E-state index contributed by atoms with van der Waals surface area (Å²) < 4.78 is 4.91. The molecule has 4 heteroatoms. The Hall–Kier alpha value is -2.62. The maximum absolute atomic E-state index is 12.1. The Labute approximate surface area is 108 Å². The molecule has 3 rings (SSSR count). The SMILES string of the molecule is COC1=CC(=O)c2c(ccc3cc(O)ccc23)C1=O. The van der Waals surface area contributed by atoms with E-state index in [4.69, 9.17) is 4.74 Å². The van der Waals surface area contributed by atoms with Gasteiger partial charge >= 0.3 is 0 Å². The fourth-order valence-corrected chi connectivity index (χ4v) is 2.31. The number of fused-ring (bicyclic) bond motifs is 3. The van der Waals surface area contributed by atoms with Crippen LogP contribution in [0.4, 0.5) is 0 Å². The molecule has 0 amide bonds. The highest BCUT2D eigenvalue weighted by molar-refractivity contribution is 6.28. The van der Waals surface area contributed by atoms with Crippen molar-refractivity contribution in [2.24, 2.45) is 0 Å². The molecule has 0 aromatic heterocycles. The average Bonchev–Trinajstić information content (AvgIpc) is 2.41.